The topological polar surface area (TPSA) is 61.8 Å². The average molecular weight is 332 g/mol. The number of carbonyl (C=O) groups excluding carboxylic acids is 1. The molecule has 0 saturated heterocycles. The predicted molar refractivity (Wildman–Crippen MR) is 90.2 cm³/mol. The number of urea groups is 1. The molecular formula is C18H21FN2O3. The minimum Gasteiger partial charge on any atom is -0.389 e. The Labute approximate surface area is 140 Å². The minimum absolute atomic E-state index is 0.127. The summed E-state index contributed by atoms with van der Waals surface area (Å²) >= 11 is 0. The Hall–Kier alpha value is -2.44. The van der Waals surface area contributed by atoms with E-state index in [0.717, 1.165) is 5.56 Å². The second-order valence-corrected chi connectivity index (χ2v) is 5.47. The summed E-state index contributed by atoms with van der Waals surface area (Å²) in [5.41, 5.74) is 1.51. The van der Waals surface area contributed by atoms with Crippen LogP contribution in [-0.2, 0) is 11.3 Å². The maximum Gasteiger partial charge on any atom is 0.321 e. The molecule has 2 aromatic carbocycles. The van der Waals surface area contributed by atoms with Crippen LogP contribution in [0.4, 0.5) is 14.9 Å². The highest BCUT2D eigenvalue weighted by Crippen LogP contribution is 2.09. The number of nitrogens with one attached hydrogen (secondary N) is 1. The number of carbonyl (C=O) groups is 1. The highest BCUT2D eigenvalue weighted by Gasteiger charge is 2.14. The van der Waals surface area contributed by atoms with Crippen LogP contribution in [0.5, 0.6) is 0 Å². The van der Waals surface area contributed by atoms with E-state index >= 15 is 0 Å². The standard InChI is InChI=1S/C18H21FN2O3/c1-21(18(23)20-16-9-7-15(19)8-10-16)11-17(22)13-24-12-14-5-3-2-4-6-14/h2-10,17,22H,11-13H2,1H3,(H,20,23). The van der Waals surface area contributed by atoms with Gasteiger partial charge in [-0.05, 0) is 29.8 Å². The SMILES string of the molecule is CN(CC(O)COCc1ccccc1)C(=O)Nc1ccc(F)cc1. The van der Waals surface area contributed by atoms with Crippen LogP contribution in [0.15, 0.2) is 54.6 Å². The van der Waals surface area contributed by atoms with Crippen molar-refractivity contribution in [2.45, 2.75) is 12.7 Å². The third-order valence-electron chi connectivity index (χ3n) is 3.35. The quantitative estimate of drug-likeness (QED) is 0.819. The Kier molecular flexibility index (Phi) is 6.72. The number of aliphatic hydroxyl groups excluding tert-OH is 1. The number of aliphatic hydroxyl groups is 1. The van der Waals surface area contributed by atoms with Crippen LogP contribution in [-0.4, -0.2) is 42.3 Å². The molecule has 6 heteroatoms. The number of anilines is 1. The summed E-state index contributed by atoms with van der Waals surface area (Å²) in [4.78, 5) is 13.3. The van der Waals surface area contributed by atoms with Crippen molar-refractivity contribution in [2.24, 2.45) is 0 Å². The van der Waals surface area contributed by atoms with Crippen LogP contribution in [0.3, 0.4) is 0 Å². The van der Waals surface area contributed by atoms with E-state index in [1.165, 1.54) is 29.2 Å². The summed E-state index contributed by atoms with van der Waals surface area (Å²) in [5, 5.41) is 12.6. The molecule has 2 aromatic rings. The van der Waals surface area contributed by atoms with E-state index in [-0.39, 0.29) is 25.0 Å². The zero-order chi connectivity index (χ0) is 17.4. The van der Waals surface area contributed by atoms with Gasteiger partial charge in [-0.3, -0.25) is 0 Å². The molecular weight excluding hydrogens is 311 g/mol. The minimum atomic E-state index is -0.794. The molecule has 0 saturated carbocycles. The number of rotatable bonds is 7. The van der Waals surface area contributed by atoms with Gasteiger partial charge >= 0.3 is 6.03 Å². The number of likely N-dealkylation sites (N-methyl/N-ethyl adjacent to an activating group) is 1. The first-order valence-electron chi connectivity index (χ1n) is 7.62. The summed E-state index contributed by atoms with van der Waals surface area (Å²) in [6.07, 6.45) is -0.794. The Balaban J connectivity index is 1.71. The van der Waals surface area contributed by atoms with Crippen molar-refractivity contribution in [3.8, 4) is 0 Å². The Morgan fingerprint density at radius 2 is 1.88 bits per heavy atom. The van der Waals surface area contributed by atoms with Crippen LogP contribution in [0.1, 0.15) is 5.56 Å². The smallest absolute Gasteiger partial charge is 0.321 e. The molecule has 0 bridgehead atoms. The average Bonchev–Trinajstić information content (AvgIpc) is 2.58. The summed E-state index contributed by atoms with van der Waals surface area (Å²) in [5.74, 6) is -0.368. The van der Waals surface area contributed by atoms with Crippen molar-refractivity contribution < 1.29 is 19.0 Å². The molecule has 1 unspecified atom stereocenters. The second kappa shape index (κ2) is 9.00. The molecule has 0 radical (unpaired) electrons. The summed E-state index contributed by atoms with van der Waals surface area (Å²) < 4.78 is 18.3. The molecule has 128 valence electrons. The lowest BCUT2D eigenvalue weighted by Crippen LogP contribution is -2.38. The fourth-order valence-corrected chi connectivity index (χ4v) is 2.09. The third kappa shape index (κ3) is 5.98. The summed E-state index contributed by atoms with van der Waals surface area (Å²) in [6.45, 7) is 0.661. The molecule has 2 N–H and O–H groups in total. The first-order valence-corrected chi connectivity index (χ1v) is 7.62. The van der Waals surface area contributed by atoms with E-state index in [4.69, 9.17) is 4.74 Å². The van der Waals surface area contributed by atoms with E-state index in [1.807, 2.05) is 30.3 Å². The van der Waals surface area contributed by atoms with Crippen molar-refractivity contribution in [1.82, 2.24) is 4.90 Å². The van der Waals surface area contributed by atoms with Gasteiger partial charge in [0.15, 0.2) is 0 Å². The lowest BCUT2D eigenvalue weighted by Gasteiger charge is -2.21. The lowest BCUT2D eigenvalue weighted by molar-refractivity contribution is 0.0188. The number of ether oxygens (including phenoxy) is 1. The van der Waals surface area contributed by atoms with Crippen LogP contribution in [0, 0.1) is 5.82 Å². The molecule has 2 rings (SSSR count). The summed E-state index contributed by atoms with van der Waals surface area (Å²) in [7, 11) is 1.57. The summed E-state index contributed by atoms with van der Waals surface area (Å²) in [6, 6.07) is 14.7. The maximum atomic E-state index is 12.8. The van der Waals surface area contributed by atoms with Gasteiger partial charge in [0.1, 0.15) is 5.82 Å². The number of amides is 2. The van der Waals surface area contributed by atoms with Crippen LogP contribution >= 0.6 is 0 Å². The van der Waals surface area contributed by atoms with Crippen molar-refractivity contribution in [3.63, 3.8) is 0 Å². The van der Waals surface area contributed by atoms with E-state index in [0.29, 0.717) is 12.3 Å². The molecule has 0 spiro atoms. The molecule has 5 nitrogen and oxygen atoms in total. The number of hydrogen-bond donors (Lipinski definition) is 2. The molecule has 0 aliphatic heterocycles. The van der Waals surface area contributed by atoms with Gasteiger partial charge < -0.3 is 20.1 Å². The molecule has 0 fully saturated rings. The molecule has 1 atom stereocenters. The highest BCUT2D eigenvalue weighted by molar-refractivity contribution is 5.89. The predicted octanol–water partition coefficient (Wildman–Crippen LogP) is 2.87. The molecule has 0 aliphatic carbocycles. The van der Waals surface area contributed by atoms with Crippen LogP contribution in [0.25, 0.3) is 0 Å². The van der Waals surface area contributed by atoms with Crippen molar-refractivity contribution in [1.29, 1.82) is 0 Å². The van der Waals surface area contributed by atoms with Gasteiger partial charge in [-0.2, -0.15) is 0 Å². The first-order chi connectivity index (χ1) is 11.5. The van der Waals surface area contributed by atoms with Crippen molar-refractivity contribution in [3.05, 3.63) is 66.0 Å². The van der Waals surface area contributed by atoms with E-state index in [9.17, 15) is 14.3 Å². The van der Waals surface area contributed by atoms with Crippen LogP contribution < -0.4 is 5.32 Å². The maximum absolute atomic E-state index is 12.8. The number of benzene rings is 2. The normalized spacial score (nSPS) is 11.8. The van der Waals surface area contributed by atoms with Gasteiger partial charge in [0.25, 0.3) is 0 Å². The van der Waals surface area contributed by atoms with E-state index in [2.05, 4.69) is 5.32 Å². The Morgan fingerprint density at radius 1 is 1.21 bits per heavy atom. The van der Waals surface area contributed by atoms with Gasteiger partial charge in [-0.1, -0.05) is 30.3 Å². The molecule has 0 aromatic heterocycles. The zero-order valence-electron chi connectivity index (χ0n) is 13.5. The lowest BCUT2D eigenvalue weighted by atomic mass is 10.2. The van der Waals surface area contributed by atoms with Crippen molar-refractivity contribution in [2.75, 3.05) is 25.5 Å². The monoisotopic (exact) mass is 332 g/mol. The fraction of sp³-hybridized carbons (Fsp3) is 0.278. The molecule has 0 aliphatic rings. The van der Waals surface area contributed by atoms with Gasteiger partial charge in [-0.25, -0.2) is 9.18 Å². The second-order valence-electron chi connectivity index (χ2n) is 5.47. The Morgan fingerprint density at radius 3 is 2.54 bits per heavy atom. The highest BCUT2D eigenvalue weighted by atomic mass is 19.1. The Bertz CT molecular complexity index is 634. The number of hydrogen-bond acceptors (Lipinski definition) is 3. The van der Waals surface area contributed by atoms with Gasteiger partial charge in [0.05, 0.1) is 25.9 Å². The number of nitrogens with zero attached hydrogens (tertiary/aromatic N) is 1. The van der Waals surface area contributed by atoms with Crippen molar-refractivity contribution >= 4 is 11.7 Å². The molecule has 0 heterocycles. The number of halogens is 1. The van der Waals surface area contributed by atoms with E-state index < -0.39 is 6.10 Å². The zero-order valence-corrected chi connectivity index (χ0v) is 13.5. The van der Waals surface area contributed by atoms with Crippen LogP contribution in [0.2, 0.25) is 0 Å². The van der Waals surface area contributed by atoms with Gasteiger partial charge in [-0.15, -0.1) is 0 Å². The van der Waals surface area contributed by atoms with E-state index in [1.54, 1.807) is 7.05 Å². The largest absolute Gasteiger partial charge is 0.389 e. The molecule has 2 amide bonds. The molecule has 24 heavy (non-hydrogen) atoms. The fourth-order valence-electron chi connectivity index (χ4n) is 2.09. The third-order valence-corrected chi connectivity index (χ3v) is 3.35. The van der Waals surface area contributed by atoms with Gasteiger partial charge in [0.2, 0.25) is 0 Å². The van der Waals surface area contributed by atoms with Gasteiger partial charge in [0, 0.05) is 12.7 Å². The first kappa shape index (κ1) is 17.9.